The van der Waals surface area contributed by atoms with Gasteiger partial charge in [0.1, 0.15) is 17.7 Å². The van der Waals surface area contributed by atoms with Gasteiger partial charge < -0.3 is 19.9 Å². The Morgan fingerprint density at radius 1 is 0.913 bits per heavy atom. The second kappa shape index (κ2) is 15.5. The fourth-order valence-corrected chi connectivity index (χ4v) is 8.12. The summed E-state index contributed by atoms with van der Waals surface area (Å²) in [6.07, 6.45) is 1.59. The van der Waals surface area contributed by atoms with Crippen LogP contribution in [0, 0.1) is 0 Å². The first-order chi connectivity index (χ1) is 22.3. The molecule has 0 bridgehead atoms. The summed E-state index contributed by atoms with van der Waals surface area (Å²) < 4.78 is 16.5. The molecule has 1 aliphatic heterocycles. The van der Waals surface area contributed by atoms with Crippen molar-refractivity contribution in [3.8, 4) is 17.2 Å². The number of rotatable bonds is 15. The molecule has 0 aromatic heterocycles. The summed E-state index contributed by atoms with van der Waals surface area (Å²) in [6, 6.07) is 31.0. The molecule has 0 spiro atoms. The number of carbonyl (C=O) groups is 2. The molecule has 2 atom stereocenters. The molecule has 1 fully saturated rings. The Bertz CT molecular complexity index is 1630. The molecule has 4 aromatic rings. The zero-order chi connectivity index (χ0) is 32.5. The molecule has 240 valence electrons. The number of anilines is 1. The Balaban J connectivity index is 1.28. The smallest absolute Gasteiger partial charge is 0.248 e. The number of primary amides is 1. The van der Waals surface area contributed by atoms with Crippen LogP contribution in [0.4, 0.5) is 5.69 Å². The maximum Gasteiger partial charge on any atom is 0.248 e. The molecule has 1 aliphatic rings. The lowest BCUT2D eigenvalue weighted by Crippen LogP contribution is -2.38. The fraction of sp³-hybridized carbons (Fsp3) is 0.297. The van der Waals surface area contributed by atoms with Crippen LogP contribution >= 0.6 is 23.5 Å². The number of ether oxygens (including phenoxy) is 3. The number of nitrogens with zero attached hydrogens (tertiary/aromatic N) is 1. The molecular formula is C37H40N2O5S2. The lowest BCUT2D eigenvalue weighted by atomic mass is 10.0. The summed E-state index contributed by atoms with van der Waals surface area (Å²) in [5, 5.41) is -0.273. The van der Waals surface area contributed by atoms with Crippen LogP contribution in [-0.2, 0) is 17.8 Å². The number of methoxy groups -OCH3 is 1. The molecule has 2 N–H and O–H groups in total. The lowest BCUT2D eigenvalue weighted by Gasteiger charge is -2.25. The SMILES string of the molecule is CCOc1cc(CCSCC[C@@]2(C)S[C@@H](c3ccc(OCc4ccccc4)cc3)N(c3cccc(C(N)=O)c3)C2=O)ccc1OC. The van der Waals surface area contributed by atoms with Gasteiger partial charge in [-0.2, -0.15) is 11.8 Å². The van der Waals surface area contributed by atoms with Crippen LogP contribution in [0.3, 0.4) is 0 Å². The molecule has 0 unspecified atom stereocenters. The molecule has 9 heteroatoms. The Hall–Kier alpha value is -4.08. The number of benzene rings is 4. The number of carbonyl (C=O) groups excluding carboxylic acids is 2. The molecule has 46 heavy (non-hydrogen) atoms. The van der Waals surface area contributed by atoms with Crippen LogP contribution in [0.1, 0.15) is 52.7 Å². The Kier molecular flexibility index (Phi) is 11.2. The van der Waals surface area contributed by atoms with Crippen LogP contribution in [-0.4, -0.2) is 41.8 Å². The maximum atomic E-state index is 14.2. The van der Waals surface area contributed by atoms with E-state index in [0.717, 1.165) is 46.3 Å². The molecule has 2 amide bonds. The van der Waals surface area contributed by atoms with Gasteiger partial charge in [-0.1, -0.05) is 54.6 Å². The Morgan fingerprint density at radius 2 is 1.70 bits per heavy atom. The van der Waals surface area contributed by atoms with Gasteiger partial charge in [0.25, 0.3) is 0 Å². The molecule has 0 aliphatic carbocycles. The van der Waals surface area contributed by atoms with Gasteiger partial charge in [-0.3, -0.25) is 14.5 Å². The van der Waals surface area contributed by atoms with Crippen molar-refractivity contribution in [3.05, 3.63) is 119 Å². The largest absolute Gasteiger partial charge is 0.493 e. The molecule has 5 rings (SSSR count). The van der Waals surface area contributed by atoms with Crippen LogP contribution in [0.15, 0.2) is 97.1 Å². The average molecular weight is 657 g/mol. The van der Waals surface area contributed by atoms with Gasteiger partial charge in [0, 0.05) is 11.3 Å². The third-order valence-corrected chi connectivity index (χ3v) is 10.5. The number of amides is 2. The van der Waals surface area contributed by atoms with Crippen LogP contribution in [0.5, 0.6) is 17.2 Å². The number of aryl methyl sites for hydroxylation is 1. The van der Waals surface area contributed by atoms with Gasteiger partial charge in [0.2, 0.25) is 11.8 Å². The van der Waals surface area contributed by atoms with E-state index in [1.807, 2.05) is 103 Å². The summed E-state index contributed by atoms with van der Waals surface area (Å²) >= 11 is 3.49. The fourth-order valence-electron chi connectivity index (χ4n) is 5.33. The summed E-state index contributed by atoms with van der Waals surface area (Å²) in [4.78, 5) is 28.0. The normalized spacial score (nSPS) is 17.6. The van der Waals surface area contributed by atoms with Crippen LogP contribution < -0.4 is 24.8 Å². The van der Waals surface area contributed by atoms with Crippen LogP contribution in [0.2, 0.25) is 0 Å². The maximum absolute atomic E-state index is 14.2. The van der Waals surface area contributed by atoms with Gasteiger partial charge in [-0.25, -0.2) is 0 Å². The van der Waals surface area contributed by atoms with Crippen molar-refractivity contribution in [2.24, 2.45) is 5.73 Å². The minimum atomic E-state index is -0.648. The van der Waals surface area contributed by atoms with E-state index in [1.165, 1.54) is 5.56 Å². The molecular weight excluding hydrogens is 617 g/mol. The first-order valence-electron chi connectivity index (χ1n) is 15.4. The van der Waals surface area contributed by atoms with Crippen molar-refractivity contribution in [2.75, 3.05) is 30.1 Å². The summed E-state index contributed by atoms with van der Waals surface area (Å²) in [5.74, 6) is 3.50. The third kappa shape index (κ3) is 8.00. The van der Waals surface area contributed by atoms with E-state index in [1.54, 1.807) is 37.1 Å². The van der Waals surface area contributed by atoms with Crippen molar-refractivity contribution in [1.82, 2.24) is 0 Å². The van der Waals surface area contributed by atoms with Crippen molar-refractivity contribution in [2.45, 2.75) is 43.4 Å². The Morgan fingerprint density at radius 3 is 2.41 bits per heavy atom. The van der Waals surface area contributed by atoms with Gasteiger partial charge in [-0.05, 0) is 97.3 Å². The highest BCUT2D eigenvalue weighted by Crippen LogP contribution is 2.53. The monoisotopic (exact) mass is 656 g/mol. The van der Waals surface area contributed by atoms with Gasteiger partial charge in [-0.15, -0.1) is 11.8 Å². The molecule has 0 radical (unpaired) electrons. The lowest BCUT2D eigenvalue weighted by molar-refractivity contribution is -0.120. The minimum absolute atomic E-state index is 0.0191. The first kappa shape index (κ1) is 33.3. The topological polar surface area (TPSA) is 91.1 Å². The first-order valence-corrected chi connectivity index (χ1v) is 17.4. The molecule has 7 nitrogen and oxygen atoms in total. The number of nitrogens with two attached hydrogens (primary N) is 1. The predicted molar refractivity (Wildman–Crippen MR) is 188 cm³/mol. The van der Waals surface area contributed by atoms with Gasteiger partial charge in [0.05, 0.1) is 18.5 Å². The number of thioether (sulfide) groups is 2. The quantitative estimate of drug-likeness (QED) is 0.131. The van der Waals surface area contributed by atoms with Gasteiger partial charge >= 0.3 is 0 Å². The number of hydrogen-bond acceptors (Lipinski definition) is 7. The summed E-state index contributed by atoms with van der Waals surface area (Å²) in [7, 11) is 1.65. The number of hydrogen-bond donors (Lipinski definition) is 1. The van der Waals surface area contributed by atoms with E-state index in [-0.39, 0.29) is 11.3 Å². The molecule has 0 saturated carbocycles. The zero-order valence-electron chi connectivity index (χ0n) is 26.4. The van der Waals surface area contributed by atoms with Crippen LogP contribution in [0.25, 0.3) is 0 Å². The van der Waals surface area contributed by atoms with E-state index in [4.69, 9.17) is 19.9 Å². The third-order valence-electron chi connectivity index (χ3n) is 7.89. The van der Waals surface area contributed by atoms with E-state index < -0.39 is 10.7 Å². The summed E-state index contributed by atoms with van der Waals surface area (Å²) in [5.41, 5.74) is 9.89. The molecule has 4 aromatic carbocycles. The average Bonchev–Trinajstić information content (AvgIpc) is 3.34. The molecule has 1 heterocycles. The van der Waals surface area contributed by atoms with Crippen molar-refractivity contribution >= 4 is 41.0 Å². The van der Waals surface area contributed by atoms with Gasteiger partial charge in [0.15, 0.2) is 11.5 Å². The predicted octanol–water partition coefficient (Wildman–Crippen LogP) is 7.68. The van der Waals surface area contributed by atoms with E-state index in [2.05, 4.69) is 6.07 Å². The Labute approximate surface area is 279 Å². The van der Waals surface area contributed by atoms with Crippen molar-refractivity contribution in [1.29, 1.82) is 0 Å². The standard InChI is InChI=1S/C37H40N2O5S2/c1-4-43-33-23-26(13-18-32(33)42-3)19-21-45-22-20-37(2)36(41)39(30-12-8-11-29(24-30)34(38)40)35(46-37)28-14-16-31(17-15-28)44-25-27-9-6-5-7-10-27/h5-18,23-24,35H,4,19-22,25H2,1-3H3,(H2,38,40)/t35-,37+/m0/s1. The zero-order valence-corrected chi connectivity index (χ0v) is 28.1. The summed E-state index contributed by atoms with van der Waals surface area (Å²) in [6.45, 7) is 5.04. The van der Waals surface area contributed by atoms with Crippen molar-refractivity contribution < 1.29 is 23.8 Å². The second-order valence-corrected chi connectivity index (χ2v) is 14.0. The van der Waals surface area contributed by atoms with E-state index >= 15 is 0 Å². The molecule has 1 saturated heterocycles. The highest BCUT2D eigenvalue weighted by atomic mass is 32.2. The second-order valence-electron chi connectivity index (χ2n) is 11.2. The van der Waals surface area contributed by atoms with E-state index in [9.17, 15) is 9.59 Å². The highest BCUT2D eigenvalue weighted by molar-refractivity contribution is 8.02. The van der Waals surface area contributed by atoms with Crippen molar-refractivity contribution in [3.63, 3.8) is 0 Å². The van der Waals surface area contributed by atoms with E-state index in [0.29, 0.717) is 30.9 Å². The highest BCUT2D eigenvalue weighted by Gasteiger charge is 2.50. The minimum Gasteiger partial charge on any atom is -0.493 e.